The third-order valence-corrected chi connectivity index (χ3v) is 12.7. The Morgan fingerprint density at radius 2 is 1.45 bits per heavy atom. The van der Waals surface area contributed by atoms with Crippen LogP contribution in [0.2, 0.25) is 16.6 Å². The number of aliphatic carboxylic acids is 1. The first kappa shape index (κ1) is 33.4. The number of nitrogens with one attached hydrogen (secondary N) is 2. The molecule has 0 aromatic heterocycles. The van der Waals surface area contributed by atoms with Crippen molar-refractivity contribution in [2.75, 3.05) is 6.54 Å². The number of carbonyl (C=O) groups excluding carboxylic acids is 2. The van der Waals surface area contributed by atoms with E-state index in [0.717, 1.165) is 5.56 Å². The Balaban J connectivity index is 3.00. The van der Waals surface area contributed by atoms with Gasteiger partial charge >= 0.3 is 18.2 Å². The van der Waals surface area contributed by atoms with Gasteiger partial charge in [0, 0.05) is 6.54 Å². The van der Waals surface area contributed by atoms with Gasteiger partial charge in [-0.2, -0.15) is 0 Å². The lowest BCUT2D eigenvalue weighted by Crippen LogP contribution is -2.52. The second-order valence-corrected chi connectivity index (χ2v) is 17.0. The number of carboxylic acids is 1. The Kier molecular flexibility index (Phi) is 13.3. The number of hydrogen-bond acceptors (Lipinski definition) is 6. The van der Waals surface area contributed by atoms with Crippen LogP contribution in [-0.4, -0.2) is 55.9 Å². The number of hydrogen-bond donors (Lipinski definition) is 3. The third kappa shape index (κ3) is 11.0. The summed E-state index contributed by atoms with van der Waals surface area (Å²) in [6, 6.07) is 8.22. The van der Waals surface area contributed by atoms with Crippen LogP contribution in [0.5, 0.6) is 0 Å². The standard InChI is InChI=1S/C28H48N2O7Si/c1-19(2)38(20(3)4,21(5)6)37-23(17-29-26(33)35-18-22-13-11-10-12-14-22)15-16-24(25(31)32)30-27(34)36-28(7,8)9/h10-14,19-21,23-24H,15-18H2,1-9H3,(H,29,33)(H,30,34)(H,31,32)/t23-,24+/m1/s1. The normalized spacial score (nSPS) is 13.8. The van der Waals surface area contributed by atoms with Crippen molar-refractivity contribution in [2.45, 2.75) is 116 Å². The summed E-state index contributed by atoms with van der Waals surface area (Å²) in [5.74, 6) is -1.16. The minimum absolute atomic E-state index is 0.110. The van der Waals surface area contributed by atoms with Crippen molar-refractivity contribution in [1.82, 2.24) is 10.6 Å². The van der Waals surface area contributed by atoms with E-state index in [9.17, 15) is 19.5 Å². The van der Waals surface area contributed by atoms with E-state index in [1.807, 2.05) is 30.3 Å². The van der Waals surface area contributed by atoms with Gasteiger partial charge in [-0.1, -0.05) is 71.9 Å². The molecule has 0 radical (unpaired) electrons. The van der Waals surface area contributed by atoms with Crippen molar-refractivity contribution >= 4 is 26.5 Å². The first-order chi connectivity index (χ1) is 17.6. The molecule has 0 spiro atoms. The van der Waals surface area contributed by atoms with Gasteiger partial charge in [0.15, 0.2) is 0 Å². The van der Waals surface area contributed by atoms with Crippen LogP contribution in [0.1, 0.15) is 80.7 Å². The minimum atomic E-state index is -2.35. The van der Waals surface area contributed by atoms with Crippen LogP contribution in [-0.2, 0) is 25.3 Å². The minimum Gasteiger partial charge on any atom is -0.480 e. The van der Waals surface area contributed by atoms with Gasteiger partial charge in [-0.05, 0) is 55.8 Å². The second-order valence-electron chi connectivity index (χ2n) is 11.6. The van der Waals surface area contributed by atoms with Gasteiger partial charge in [-0.3, -0.25) is 0 Å². The van der Waals surface area contributed by atoms with Gasteiger partial charge in [0.2, 0.25) is 8.32 Å². The van der Waals surface area contributed by atoms with E-state index in [-0.39, 0.29) is 19.6 Å². The number of alkyl carbamates (subject to hydrolysis) is 2. The largest absolute Gasteiger partial charge is 0.480 e. The van der Waals surface area contributed by atoms with Crippen LogP contribution in [0, 0.1) is 0 Å². The molecule has 0 fully saturated rings. The van der Waals surface area contributed by atoms with E-state index in [4.69, 9.17) is 13.9 Å². The maximum absolute atomic E-state index is 12.5. The van der Waals surface area contributed by atoms with Crippen LogP contribution < -0.4 is 10.6 Å². The molecular weight excluding hydrogens is 504 g/mol. The molecule has 2 atom stereocenters. The second kappa shape index (κ2) is 15.1. The third-order valence-electron chi connectivity index (χ3n) is 6.53. The van der Waals surface area contributed by atoms with E-state index in [2.05, 4.69) is 52.2 Å². The molecule has 0 aliphatic rings. The Bertz CT molecular complexity index is 863. The number of carboxylic acid groups (broad SMARTS) is 1. The highest BCUT2D eigenvalue weighted by Gasteiger charge is 2.46. The van der Waals surface area contributed by atoms with Gasteiger partial charge in [0.1, 0.15) is 18.2 Å². The lowest BCUT2D eigenvalue weighted by Gasteiger charge is -2.44. The van der Waals surface area contributed by atoms with Gasteiger partial charge in [0.25, 0.3) is 0 Å². The number of amides is 2. The molecule has 1 aromatic carbocycles. The molecule has 10 heteroatoms. The summed E-state index contributed by atoms with van der Waals surface area (Å²) >= 11 is 0. The molecule has 2 amide bonds. The van der Waals surface area contributed by atoms with Gasteiger partial charge < -0.3 is 29.6 Å². The average molecular weight is 553 g/mol. The number of rotatable bonds is 14. The smallest absolute Gasteiger partial charge is 0.408 e. The molecule has 0 saturated carbocycles. The molecule has 0 aliphatic carbocycles. The number of carbonyl (C=O) groups is 3. The molecule has 9 nitrogen and oxygen atoms in total. The van der Waals surface area contributed by atoms with E-state index in [0.29, 0.717) is 23.0 Å². The fourth-order valence-electron chi connectivity index (χ4n) is 4.93. The fraction of sp³-hybridized carbons (Fsp3) is 0.679. The lowest BCUT2D eigenvalue weighted by atomic mass is 10.1. The summed E-state index contributed by atoms with van der Waals surface area (Å²) in [4.78, 5) is 36.6. The van der Waals surface area contributed by atoms with Crippen molar-refractivity contribution in [3.8, 4) is 0 Å². The van der Waals surface area contributed by atoms with Crippen molar-refractivity contribution in [3.63, 3.8) is 0 Å². The zero-order valence-corrected chi connectivity index (χ0v) is 25.5. The predicted octanol–water partition coefficient (Wildman–Crippen LogP) is 6.23. The quantitative estimate of drug-likeness (QED) is 0.234. The Morgan fingerprint density at radius 1 is 0.895 bits per heavy atom. The Labute approximate surface area is 229 Å². The average Bonchev–Trinajstić information content (AvgIpc) is 2.79. The fourth-order valence-corrected chi connectivity index (χ4v) is 10.5. The van der Waals surface area contributed by atoms with Crippen LogP contribution in [0.25, 0.3) is 0 Å². The highest BCUT2D eigenvalue weighted by Crippen LogP contribution is 2.43. The van der Waals surface area contributed by atoms with Crippen LogP contribution >= 0.6 is 0 Å². The zero-order valence-electron chi connectivity index (χ0n) is 24.5. The maximum atomic E-state index is 12.5. The maximum Gasteiger partial charge on any atom is 0.408 e. The topological polar surface area (TPSA) is 123 Å². The summed E-state index contributed by atoms with van der Waals surface area (Å²) in [6.07, 6.45) is -1.40. The van der Waals surface area contributed by atoms with Crippen molar-refractivity contribution < 1.29 is 33.4 Å². The highest BCUT2D eigenvalue weighted by molar-refractivity contribution is 6.77. The number of ether oxygens (including phenoxy) is 2. The van der Waals surface area contributed by atoms with Crippen molar-refractivity contribution in [1.29, 1.82) is 0 Å². The van der Waals surface area contributed by atoms with Crippen molar-refractivity contribution in [3.05, 3.63) is 35.9 Å². The zero-order chi connectivity index (χ0) is 29.1. The van der Waals surface area contributed by atoms with Gasteiger partial charge in [-0.15, -0.1) is 0 Å². The molecule has 1 aromatic rings. The summed E-state index contributed by atoms with van der Waals surface area (Å²) in [5.41, 5.74) is 1.01. The lowest BCUT2D eigenvalue weighted by molar-refractivity contribution is -0.139. The van der Waals surface area contributed by atoms with Gasteiger partial charge in [0.05, 0.1) is 6.10 Å². The SMILES string of the molecule is CC(C)[Si](O[C@H](CC[C@H](NC(=O)OC(C)(C)C)C(=O)O)CNC(=O)OCc1ccccc1)(C(C)C)C(C)C. The first-order valence-electron chi connectivity index (χ1n) is 13.4. The van der Waals surface area contributed by atoms with E-state index >= 15 is 0 Å². The molecule has 0 bridgehead atoms. The summed E-state index contributed by atoms with van der Waals surface area (Å²) in [6.45, 7) is 18.4. The molecule has 216 valence electrons. The Hall–Kier alpha value is -2.59. The van der Waals surface area contributed by atoms with Crippen LogP contribution in [0.15, 0.2) is 30.3 Å². The monoisotopic (exact) mass is 552 g/mol. The summed E-state index contributed by atoms with van der Waals surface area (Å²) < 4.78 is 17.5. The molecule has 3 N–H and O–H groups in total. The molecule has 0 saturated heterocycles. The molecule has 0 unspecified atom stereocenters. The summed E-state index contributed by atoms with van der Waals surface area (Å²) in [5, 5.41) is 15.0. The molecule has 1 rings (SSSR count). The predicted molar refractivity (Wildman–Crippen MR) is 151 cm³/mol. The molecule has 0 aliphatic heterocycles. The molecular formula is C28H48N2O7Si. The highest BCUT2D eigenvalue weighted by atomic mass is 28.4. The van der Waals surface area contributed by atoms with E-state index in [1.54, 1.807) is 20.8 Å². The van der Waals surface area contributed by atoms with E-state index in [1.165, 1.54) is 0 Å². The van der Waals surface area contributed by atoms with Crippen molar-refractivity contribution in [2.24, 2.45) is 0 Å². The Morgan fingerprint density at radius 3 is 1.92 bits per heavy atom. The van der Waals surface area contributed by atoms with E-state index < -0.39 is 44.2 Å². The summed E-state index contributed by atoms with van der Waals surface area (Å²) in [7, 11) is -2.35. The van der Waals surface area contributed by atoms with Gasteiger partial charge in [-0.25, -0.2) is 14.4 Å². The molecule has 0 heterocycles. The number of benzene rings is 1. The van der Waals surface area contributed by atoms with Crippen LogP contribution in [0.4, 0.5) is 9.59 Å². The molecule has 38 heavy (non-hydrogen) atoms. The first-order valence-corrected chi connectivity index (χ1v) is 15.6. The van der Waals surface area contributed by atoms with Crippen LogP contribution in [0.3, 0.4) is 0 Å².